The maximum Gasteiger partial charge on any atom is 0.337 e. The van der Waals surface area contributed by atoms with Gasteiger partial charge in [-0.3, -0.25) is 19.4 Å². The van der Waals surface area contributed by atoms with Crippen molar-refractivity contribution in [1.82, 2.24) is 9.88 Å². The molecule has 106 valence electrons. The molecule has 0 fully saturated rings. The van der Waals surface area contributed by atoms with Gasteiger partial charge in [-0.15, -0.1) is 0 Å². The molecule has 3 amide bonds. The van der Waals surface area contributed by atoms with Gasteiger partial charge >= 0.3 is 5.97 Å². The monoisotopic (exact) mass is 280 g/mol. The number of aromatic carboxylic acids is 1. The molecule has 0 aliphatic carbocycles. The number of hydrogen-bond donors (Lipinski definition) is 3. The minimum atomic E-state index is -1.19. The predicted molar refractivity (Wildman–Crippen MR) is 65.5 cm³/mol. The number of rotatable bonds is 6. The smallest absolute Gasteiger partial charge is 0.337 e. The minimum absolute atomic E-state index is 0.0992. The molecule has 0 atom stereocenters. The van der Waals surface area contributed by atoms with Crippen LogP contribution < -0.4 is 11.5 Å². The average Bonchev–Trinajstić information content (AvgIpc) is 2.36. The van der Waals surface area contributed by atoms with Crippen molar-refractivity contribution in [2.24, 2.45) is 11.5 Å². The summed E-state index contributed by atoms with van der Waals surface area (Å²) in [4.78, 5) is 48.8. The molecule has 0 radical (unpaired) electrons. The lowest BCUT2D eigenvalue weighted by Gasteiger charge is -2.18. The number of nitrogens with zero attached hydrogens (tertiary/aromatic N) is 2. The van der Waals surface area contributed by atoms with Crippen LogP contribution in [0.5, 0.6) is 0 Å². The summed E-state index contributed by atoms with van der Waals surface area (Å²) in [6, 6.07) is 2.34. The van der Waals surface area contributed by atoms with Crippen molar-refractivity contribution in [3.05, 3.63) is 29.6 Å². The predicted octanol–water partition coefficient (Wildman–Crippen LogP) is -1.81. The molecule has 0 aliphatic rings. The number of carboxylic acid groups (broad SMARTS) is 1. The molecule has 9 nitrogen and oxygen atoms in total. The molecule has 1 aromatic heterocycles. The first kappa shape index (κ1) is 15.1. The fraction of sp³-hybridized carbons (Fsp3) is 0.182. The second-order valence-corrected chi connectivity index (χ2v) is 3.83. The Morgan fingerprint density at radius 2 is 1.65 bits per heavy atom. The Labute approximate surface area is 113 Å². The molecule has 1 rings (SSSR count). The number of carboxylic acids is 1. The first-order valence-electron chi connectivity index (χ1n) is 5.36. The number of carbonyl (C=O) groups excluding carboxylic acids is 3. The molecule has 20 heavy (non-hydrogen) atoms. The summed E-state index contributed by atoms with van der Waals surface area (Å²) < 4.78 is 0. The van der Waals surface area contributed by atoms with E-state index in [2.05, 4.69) is 4.98 Å². The number of nitrogens with two attached hydrogens (primary N) is 2. The van der Waals surface area contributed by atoms with Gasteiger partial charge in [-0.25, -0.2) is 4.79 Å². The van der Waals surface area contributed by atoms with Gasteiger partial charge in [-0.1, -0.05) is 0 Å². The zero-order chi connectivity index (χ0) is 15.3. The Morgan fingerprint density at radius 1 is 1.10 bits per heavy atom. The van der Waals surface area contributed by atoms with E-state index in [0.29, 0.717) is 0 Å². The van der Waals surface area contributed by atoms with Gasteiger partial charge in [-0.2, -0.15) is 0 Å². The van der Waals surface area contributed by atoms with Crippen LogP contribution in [0.25, 0.3) is 0 Å². The van der Waals surface area contributed by atoms with E-state index in [4.69, 9.17) is 16.6 Å². The van der Waals surface area contributed by atoms with Crippen molar-refractivity contribution < 1.29 is 24.3 Å². The highest BCUT2D eigenvalue weighted by atomic mass is 16.4. The van der Waals surface area contributed by atoms with Gasteiger partial charge < -0.3 is 21.5 Å². The molecule has 1 aromatic rings. The molecule has 0 saturated heterocycles. The van der Waals surface area contributed by atoms with Crippen LogP contribution in [0.3, 0.4) is 0 Å². The lowest BCUT2D eigenvalue weighted by molar-refractivity contribution is -0.121. The fourth-order valence-electron chi connectivity index (χ4n) is 1.38. The van der Waals surface area contributed by atoms with E-state index in [-0.39, 0.29) is 11.3 Å². The molecule has 0 aromatic carbocycles. The lowest BCUT2D eigenvalue weighted by atomic mass is 10.2. The van der Waals surface area contributed by atoms with Crippen molar-refractivity contribution in [2.45, 2.75) is 0 Å². The van der Waals surface area contributed by atoms with Crippen LogP contribution in [-0.2, 0) is 9.59 Å². The average molecular weight is 280 g/mol. The summed E-state index contributed by atoms with van der Waals surface area (Å²) >= 11 is 0. The number of primary amides is 2. The molecule has 0 saturated carbocycles. The van der Waals surface area contributed by atoms with Crippen molar-refractivity contribution in [2.75, 3.05) is 13.1 Å². The van der Waals surface area contributed by atoms with Gasteiger partial charge in [0, 0.05) is 6.20 Å². The van der Waals surface area contributed by atoms with Gasteiger partial charge in [0.1, 0.15) is 18.8 Å². The highest BCUT2D eigenvalue weighted by Gasteiger charge is 2.20. The summed E-state index contributed by atoms with van der Waals surface area (Å²) in [6.07, 6.45) is 0.988. The molecule has 0 unspecified atom stereocenters. The van der Waals surface area contributed by atoms with Crippen LogP contribution in [0.15, 0.2) is 18.3 Å². The second kappa shape index (κ2) is 6.27. The van der Waals surface area contributed by atoms with E-state index in [1.807, 2.05) is 0 Å². The molecule has 0 spiro atoms. The lowest BCUT2D eigenvalue weighted by Crippen LogP contribution is -2.43. The van der Waals surface area contributed by atoms with Gasteiger partial charge in [0.15, 0.2) is 0 Å². The molecule has 0 bridgehead atoms. The third kappa shape index (κ3) is 4.05. The zero-order valence-corrected chi connectivity index (χ0v) is 10.3. The molecular formula is C11H12N4O5. The molecule has 9 heteroatoms. The van der Waals surface area contributed by atoms with E-state index < -0.39 is 36.8 Å². The normalized spacial score (nSPS) is 9.80. The Morgan fingerprint density at radius 3 is 2.00 bits per heavy atom. The largest absolute Gasteiger partial charge is 0.478 e. The van der Waals surface area contributed by atoms with Crippen molar-refractivity contribution in [3.63, 3.8) is 0 Å². The van der Waals surface area contributed by atoms with Crippen LogP contribution in [0.1, 0.15) is 20.8 Å². The van der Waals surface area contributed by atoms with Crippen LogP contribution >= 0.6 is 0 Å². The maximum absolute atomic E-state index is 12.0. The summed E-state index contributed by atoms with van der Waals surface area (Å²) in [5, 5.41) is 8.70. The quantitative estimate of drug-likeness (QED) is 0.557. The Kier molecular flexibility index (Phi) is 4.73. The van der Waals surface area contributed by atoms with Crippen LogP contribution in [0.4, 0.5) is 0 Å². The number of hydrogen-bond acceptors (Lipinski definition) is 5. The summed E-state index contributed by atoms with van der Waals surface area (Å²) in [5.74, 6) is -3.58. The van der Waals surface area contributed by atoms with Crippen LogP contribution in [0.2, 0.25) is 0 Å². The topological polar surface area (TPSA) is 157 Å². The molecule has 1 heterocycles. The number of pyridine rings is 1. The zero-order valence-electron chi connectivity index (χ0n) is 10.3. The van der Waals surface area contributed by atoms with Crippen molar-refractivity contribution in [3.8, 4) is 0 Å². The second-order valence-electron chi connectivity index (χ2n) is 3.83. The van der Waals surface area contributed by atoms with E-state index in [9.17, 15) is 19.2 Å². The van der Waals surface area contributed by atoms with Gasteiger partial charge in [0.05, 0.1) is 5.56 Å². The Bertz CT molecular complexity index is 538. The van der Waals surface area contributed by atoms with Gasteiger partial charge in [-0.05, 0) is 12.1 Å². The SMILES string of the molecule is NC(=O)CN(CC(N)=O)C(=O)c1ccc(C(=O)O)cn1. The van der Waals surface area contributed by atoms with E-state index in [1.165, 1.54) is 12.1 Å². The standard InChI is InChI=1S/C11H12N4O5/c12-8(16)4-15(5-9(13)17)10(18)7-2-1-6(3-14-7)11(19)20/h1-3H,4-5H2,(H2,12,16)(H2,13,17)(H,19,20). The van der Waals surface area contributed by atoms with Gasteiger partial charge in [0.25, 0.3) is 5.91 Å². The van der Waals surface area contributed by atoms with Gasteiger partial charge in [0.2, 0.25) is 11.8 Å². The summed E-state index contributed by atoms with van der Waals surface area (Å²) in [5.41, 5.74) is 9.70. The maximum atomic E-state index is 12.0. The third-order valence-electron chi connectivity index (χ3n) is 2.21. The fourth-order valence-corrected chi connectivity index (χ4v) is 1.38. The summed E-state index contributed by atoms with van der Waals surface area (Å²) in [7, 11) is 0. The molecular weight excluding hydrogens is 268 g/mol. The Hall–Kier alpha value is -2.97. The minimum Gasteiger partial charge on any atom is -0.478 e. The first-order chi connectivity index (χ1) is 9.31. The van der Waals surface area contributed by atoms with Crippen LogP contribution in [-0.4, -0.2) is 51.8 Å². The number of amides is 3. The van der Waals surface area contributed by atoms with E-state index in [0.717, 1.165) is 11.1 Å². The molecule has 5 N–H and O–H groups in total. The number of carbonyl (C=O) groups is 4. The Balaban J connectivity index is 2.95. The summed E-state index contributed by atoms with van der Waals surface area (Å²) in [6.45, 7) is -0.992. The van der Waals surface area contributed by atoms with Crippen molar-refractivity contribution >= 4 is 23.7 Å². The third-order valence-corrected chi connectivity index (χ3v) is 2.21. The highest BCUT2D eigenvalue weighted by Crippen LogP contribution is 2.04. The highest BCUT2D eigenvalue weighted by molar-refractivity contribution is 5.97. The number of aromatic nitrogens is 1. The van der Waals surface area contributed by atoms with E-state index >= 15 is 0 Å². The van der Waals surface area contributed by atoms with E-state index in [1.54, 1.807) is 0 Å². The first-order valence-corrected chi connectivity index (χ1v) is 5.36. The van der Waals surface area contributed by atoms with Crippen LogP contribution in [0, 0.1) is 0 Å². The molecule has 0 aliphatic heterocycles. The van der Waals surface area contributed by atoms with Crippen molar-refractivity contribution in [1.29, 1.82) is 0 Å².